The molecule has 1 N–H and O–H groups in total. The third kappa shape index (κ3) is 3.86. The van der Waals surface area contributed by atoms with E-state index in [0.717, 1.165) is 6.54 Å². The van der Waals surface area contributed by atoms with Gasteiger partial charge in [-0.15, -0.1) is 0 Å². The summed E-state index contributed by atoms with van der Waals surface area (Å²) in [6.45, 7) is 5.28. The lowest BCUT2D eigenvalue weighted by atomic mass is 10.1. The Kier molecular flexibility index (Phi) is 5.90. The fourth-order valence-electron chi connectivity index (χ4n) is 1.93. The van der Waals surface area contributed by atoms with Gasteiger partial charge in [0.25, 0.3) is 0 Å². The minimum atomic E-state index is 0. The molecule has 0 fully saturated rings. The SMILES string of the molecule is Cc1ccccc1CNC(C)c1ccccc1.[Cl-]. The van der Waals surface area contributed by atoms with Crippen LogP contribution in [-0.4, -0.2) is 0 Å². The number of rotatable bonds is 4. The minimum absolute atomic E-state index is 0. The molecule has 2 aromatic rings. The van der Waals surface area contributed by atoms with Crippen LogP contribution in [0.25, 0.3) is 0 Å². The summed E-state index contributed by atoms with van der Waals surface area (Å²) in [4.78, 5) is 0. The third-order valence-corrected chi connectivity index (χ3v) is 3.16. The van der Waals surface area contributed by atoms with Crippen LogP contribution in [0.1, 0.15) is 29.7 Å². The number of hydrogen-bond acceptors (Lipinski definition) is 1. The molecular weight excluding hydrogens is 242 g/mol. The average molecular weight is 261 g/mol. The highest BCUT2D eigenvalue weighted by Gasteiger charge is 2.04. The van der Waals surface area contributed by atoms with Crippen molar-refractivity contribution in [1.82, 2.24) is 5.32 Å². The Morgan fingerprint density at radius 2 is 1.56 bits per heavy atom. The number of benzene rings is 2. The molecule has 1 unspecified atom stereocenters. The summed E-state index contributed by atoms with van der Waals surface area (Å²) >= 11 is 0. The molecule has 0 aromatic heterocycles. The second-order valence-corrected chi connectivity index (χ2v) is 4.44. The molecule has 2 rings (SSSR count). The molecule has 1 nitrogen and oxygen atoms in total. The standard InChI is InChI=1S/C16H19N.ClH/c1-13-8-6-7-11-16(13)12-17-14(2)15-9-4-3-5-10-15;/h3-11,14,17H,12H2,1-2H3;1H/p-1. The maximum Gasteiger partial charge on any atom is 0.0294 e. The Hall–Kier alpha value is -1.31. The zero-order valence-corrected chi connectivity index (χ0v) is 11.6. The molecule has 0 aliphatic rings. The van der Waals surface area contributed by atoms with E-state index in [4.69, 9.17) is 0 Å². The van der Waals surface area contributed by atoms with Gasteiger partial charge in [0.05, 0.1) is 0 Å². The molecular formula is C16H19ClN-. The molecule has 0 amide bonds. The van der Waals surface area contributed by atoms with E-state index in [1.807, 2.05) is 0 Å². The molecule has 0 aliphatic carbocycles. The van der Waals surface area contributed by atoms with Crippen molar-refractivity contribution in [3.63, 3.8) is 0 Å². The quantitative estimate of drug-likeness (QED) is 0.860. The van der Waals surface area contributed by atoms with Gasteiger partial charge in [0.15, 0.2) is 0 Å². The van der Waals surface area contributed by atoms with Crippen molar-refractivity contribution in [1.29, 1.82) is 0 Å². The summed E-state index contributed by atoms with van der Waals surface area (Å²) in [5, 5.41) is 3.56. The Bertz CT molecular complexity index is 468. The lowest BCUT2D eigenvalue weighted by Crippen LogP contribution is -3.00. The van der Waals surface area contributed by atoms with Gasteiger partial charge in [-0.2, -0.15) is 0 Å². The van der Waals surface area contributed by atoms with E-state index < -0.39 is 0 Å². The zero-order chi connectivity index (χ0) is 12.1. The Morgan fingerprint density at radius 3 is 2.22 bits per heavy atom. The number of aryl methyl sites for hydroxylation is 1. The van der Waals surface area contributed by atoms with Gasteiger partial charge in [-0.3, -0.25) is 0 Å². The zero-order valence-electron chi connectivity index (χ0n) is 10.9. The van der Waals surface area contributed by atoms with Crippen molar-refractivity contribution in [3.8, 4) is 0 Å². The van der Waals surface area contributed by atoms with Crippen LogP contribution in [0.3, 0.4) is 0 Å². The molecule has 0 heterocycles. The smallest absolute Gasteiger partial charge is 0.0294 e. The van der Waals surface area contributed by atoms with Crippen LogP contribution in [0.15, 0.2) is 54.6 Å². The van der Waals surface area contributed by atoms with Gasteiger partial charge in [0.2, 0.25) is 0 Å². The Morgan fingerprint density at radius 1 is 0.944 bits per heavy atom. The van der Waals surface area contributed by atoms with Crippen LogP contribution in [0.2, 0.25) is 0 Å². The summed E-state index contributed by atoms with van der Waals surface area (Å²) in [6, 6.07) is 19.4. The van der Waals surface area contributed by atoms with E-state index in [1.54, 1.807) is 0 Å². The van der Waals surface area contributed by atoms with Crippen molar-refractivity contribution < 1.29 is 12.4 Å². The summed E-state index contributed by atoms with van der Waals surface area (Å²) in [5.74, 6) is 0. The second-order valence-electron chi connectivity index (χ2n) is 4.44. The highest BCUT2D eigenvalue weighted by molar-refractivity contribution is 5.26. The maximum absolute atomic E-state index is 3.56. The summed E-state index contributed by atoms with van der Waals surface area (Å²) in [5.41, 5.74) is 4.05. The molecule has 0 spiro atoms. The lowest BCUT2D eigenvalue weighted by Gasteiger charge is -2.15. The molecule has 0 saturated heterocycles. The number of nitrogens with one attached hydrogen (secondary N) is 1. The molecule has 18 heavy (non-hydrogen) atoms. The van der Waals surface area contributed by atoms with Crippen LogP contribution in [0, 0.1) is 6.92 Å². The van der Waals surface area contributed by atoms with Gasteiger partial charge in [0, 0.05) is 12.6 Å². The summed E-state index contributed by atoms with van der Waals surface area (Å²) in [6.07, 6.45) is 0. The largest absolute Gasteiger partial charge is 1.00 e. The lowest BCUT2D eigenvalue weighted by molar-refractivity contribution is -0.00000360. The van der Waals surface area contributed by atoms with Gasteiger partial charge >= 0.3 is 0 Å². The molecule has 0 radical (unpaired) electrons. The highest BCUT2D eigenvalue weighted by Crippen LogP contribution is 2.13. The van der Waals surface area contributed by atoms with Gasteiger partial charge in [-0.1, -0.05) is 54.6 Å². The molecule has 2 heteroatoms. The van der Waals surface area contributed by atoms with Crippen molar-refractivity contribution >= 4 is 0 Å². The van der Waals surface area contributed by atoms with Crippen molar-refractivity contribution in [3.05, 3.63) is 71.3 Å². The monoisotopic (exact) mass is 260 g/mol. The Labute approximate surface area is 116 Å². The number of hydrogen-bond donors (Lipinski definition) is 1. The predicted octanol–water partition coefficient (Wildman–Crippen LogP) is 0.850. The van der Waals surface area contributed by atoms with Crippen LogP contribution < -0.4 is 17.7 Å². The maximum atomic E-state index is 3.56. The van der Waals surface area contributed by atoms with E-state index >= 15 is 0 Å². The van der Waals surface area contributed by atoms with Crippen molar-refractivity contribution in [2.45, 2.75) is 26.4 Å². The fraction of sp³-hybridized carbons (Fsp3) is 0.250. The third-order valence-electron chi connectivity index (χ3n) is 3.16. The van der Waals surface area contributed by atoms with Crippen LogP contribution in [0.5, 0.6) is 0 Å². The van der Waals surface area contributed by atoms with E-state index in [0.29, 0.717) is 6.04 Å². The van der Waals surface area contributed by atoms with E-state index in [2.05, 4.69) is 73.8 Å². The molecule has 96 valence electrons. The van der Waals surface area contributed by atoms with E-state index in [-0.39, 0.29) is 12.4 Å². The highest BCUT2D eigenvalue weighted by atomic mass is 35.5. The van der Waals surface area contributed by atoms with Gasteiger partial charge in [-0.25, -0.2) is 0 Å². The average Bonchev–Trinajstić information content (AvgIpc) is 2.38. The van der Waals surface area contributed by atoms with Gasteiger partial charge in [0.1, 0.15) is 0 Å². The fourth-order valence-corrected chi connectivity index (χ4v) is 1.93. The van der Waals surface area contributed by atoms with Crippen molar-refractivity contribution in [2.24, 2.45) is 0 Å². The number of halogens is 1. The summed E-state index contributed by atoms with van der Waals surface area (Å²) in [7, 11) is 0. The normalized spacial score (nSPS) is 11.7. The first kappa shape index (κ1) is 14.7. The molecule has 1 atom stereocenters. The summed E-state index contributed by atoms with van der Waals surface area (Å²) < 4.78 is 0. The Balaban J connectivity index is 0.00000162. The second kappa shape index (κ2) is 7.20. The topological polar surface area (TPSA) is 12.0 Å². The van der Waals surface area contributed by atoms with Crippen LogP contribution in [-0.2, 0) is 6.54 Å². The van der Waals surface area contributed by atoms with E-state index in [1.165, 1.54) is 16.7 Å². The van der Waals surface area contributed by atoms with Gasteiger partial charge < -0.3 is 17.7 Å². The van der Waals surface area contributed by atoms with Crippen molar-refractivity contribution in [2.75, 3.05) is 0 Å². The molecule has 0 saturated carbocycles. The minimum Gasteiger partial charge on any atom is -1.00 e. The first-order valence-electron chi connectivity index (χ1n) is 6.10. The van der Waals surface area contributed by atoms with E-state index in [9.17, 15) is 0 Å². The molecule has 2 aromatic carbocycles. The predicted molar refractivity (Wildman–Crippen MR) is 72.9 cm³/mol. The molecule has 0 bridgehead atoms. The first-order valence-corrected chi connectivity index (χ1v) is 6.10. The molecule has 0 aliphatic heterocycles. The first-order chi connectivity index (χ1) is 8.27. The van der Waals surface area contributed by atoms with Crippen LogP contribution >= 0.6 is 0 Å². The van der Waals surface area contributed by atoms with Gasteiger partial charge in [-0.05, 0) is 30.5 Å². The van der Waals surface area contributed by atoms with Crippen LogP contribution in [0.4, 0.5) is 0 Å².